The van der Waals surface area contributed by atoms with Crippen molar-refractivity contribution in [3.8, 4) is 11.4 Å². The molecule has 0 amide bonds. The number of benzene rings is 1. The van der Waals surface area contributed by atoms with E-state index in [4.69, 9.17) is 22.4 Å². The molecule has 5 heteroatoms. The van der Waals surface area contributed by atoms with Crippen molar-refractivity contribution in [1.29, 1.82) is 0 Å². The second-order valence-electron chi connectivity index (χ2n) is 3.27. The van der Waals surface area contributed by atoms with Gasteiger partial charge in [0.05, 0.1) is 6.61 Å². The highest BCUT2D eigenvalue weighted by atomic mass is 35.5. The SMILES string of the molecule is Nc1nc(-c2cccc(Cl)c2)ncc1CO. The first-order valence-electron chi connectivity index (χ1n) is 4.69. The van der Waals surface area contributed by atoms with Gasteiger partial charge in [-0.1, -0.05) is 23.7 Å². The number of hydrogen-bond acceptors (Lipinski definition) is 4. The summed E-state index contributed by atoms with van der Waals surface area (Å²) in [5.74, 6) is 0.782. The largest absolute Gasteiger partial charge is 0.391 e. The van der Waals surface area contributed by atoms with Crippen molar-refractivity contribution in [2.45, 2.75) is 6.61 Å². The molecule has 1 aromatic carbocycles. The van der Waals surface area contributed by atoms with Crippen molar-refractivity contribution in [2.24, 2.45) is 0 Å². The average Bonchev–Trinajstić information content (AvgIpc) is 2.29. The molecule has 0 aliphatic carbocycles. The van der Waals surface area contributed by atoms with E-state index >= 15 is 0 Å². The summed E-state index contributed by atoms with van der Waals surface area (Å²) in [5, 5.41) is 9.56. The Labute approximate surface area is 97.7 Å². The summed E-state index contributed by atoms with van der Waals surface area (Å²) in [4.78, 5) is 8.22. The maximum absolute atomic E-state index is 8.94. The third-order valence-corrected chi connectivity index (χ3v) is 2.39. The first-order chi connectivity index (χ1) is 7.70. The maximum atomic E-state index is 8.94. The van der Waals surface area contributed by atoms with Crippen LogP contribution in [-0.4, -0.2) is 15.1 Å². The Morgan fingerprint density at radius 3 is 2.81 bits per heavy atom. The van der Waals surface area contributed by atoms with Crippen molar-refractivity contribution in [2.75, 3.05) is 5.73 Å². The molecular weight excluding hydrogens is 226 g/mol. The molecule has 0 aliphatic heterocycles. The summed E-state index contributed by atoms with van der Waals surface area (Å²) in [7, 11) is 0. The molecule has 0 bridgehead atoms. The number of nitrogens with zero attached hydrogens (tertiary/aromatic N) is 2. The van der Waals surface area contributed by atoms with Gasteiger partial charge in [-0.25, -0.2) is 9.97 Å². The molecule has 0 atom stereocenters. The molecule has 2 rings (SSSR count). The molecular formula is C11H10ClN3O. The van der Waals surface area contributed by atoms with E-state index in [9.17, 15) is 0 Å². The van der Waals surface area contributed by atoms with Gasteiger partial charge in [-0.05, 0) is 12.1 Å². The van der Waals surface area contributed by atoms with Crippen LogP contribution in [0.15, 0.2) is 30.5 Å². The molecule has 16 heavy (non-hydrogen) atoms. The number of hydrogen-bond donors (Lipinski definition) is 2. The minimum atomic E-state index is -0.165. The van der Waals surface area contributed by atoms with Crippen LogP contribution in [0.5, 0.6) is 0 Å². The van der Waals surface area contributed by atoms with Crippen LogP contribution in [0.2, 0.25) is 5.02 Å². The molecule has 0 saturated heterocycles. The highest BCUT2D eigenvalue weighted by molar-refractivity contribution is 6.30. The predicted molar refractivity (Wildman–Crippen MR) is 62.8 cm³/mol. The van der Waals surface area contributed by atoms with E-state index in [2.05, 4.69) is 9.97 Å². The third-order valence-electron chi connectivity index (χ3n) is 2.15. The van der Waals surface area contributed by atoms with Crippen LogP contribution in [-0.2, 0) is 6.61 Å². The average molecular weight is 236 g/mol. The Balaban J connectivity index is 2.45. The van der Waals surface area contributed by atoms with Crippen molar-refractivity contribution >= 4 is 17.4 Å². The van der Waals surface area contributed by atoms with Crippen LogP contribution in [0, 0.1) is 0 Å². The second-order valence-corrected chi connectivity index (χ2v) is 3.71. The maximum Gasteiger partial charge on any atom is 0.161 e. The standard InChI is InChI=1S/C11H10ClN3O/c12-9-3-1-2-7(4-9)11-14-5-8(6-16)10(13)15-11/h1-5,16H,6H2,(H2,13,14,15). The monoisotopic (exact) mass is 235 g/mol. The van der Waals surface area contributed by atoms with Gasteiger partial charge in [-0.3, -0.25) is 0 Å². The van der Waals surface area contributed by atoms with Crippen LogP contribution in [0.25, 0.3) is 11.4 Å². The molecule has 1 heterocycles. The highest BCUT2D eigenvalue weighted by Gasteiger charge is 2.05. The number of aromatic nitrogens is 2. The van der Waals surface area contributed by atoms with Gasteiger partial charge in [0.2, 0.25) is 0 Å². The zero-order valence-corrected chi connectivity index (χ0v) is 9.15. The zero-order chi connectivity index (χ0) is 11.5. The van der Waals surface area contributed by atoms with Gasteiger partial charge in [-0.15, -0.1) is 0 Å². The molecule has 2 aromatic rings. The molecule has 0 unspecified atom stereocenters. The molecule has 0 fully saturated rings. The molecule has 4 nitrogen and oxygen atoms in total. The summed E-state index contributed by atoms with van der Waals surface area (Å²) >= 11 is 5.87. The van der Waals surface area contributed by atoms with Crippen molar-refractivity contribution in [3.63, 3.8) is 0 Å². The van der Waals surface area contributed by atoms with Crippen LogP contribution in [0.1, 0.15) is 5.56 Å². The number of nitrogen functional groups attached to an aromatic ring is 1. The van der Waals surface area contributed by atoms with E-state index in [0.717, 1.165) is 5.56 Å². The lowest BCUT2D eigenvalue weighted by Gasteiger charge is -2.04. The molecule has 0 saturated carbocycles. The number of nitrogens with two attached hydrogens (primary N) is 1. The zero-order valence-electron chi connectivity index (χ0n) is 8.39. The Morgan fingerprint density at radius 2 is 2.19 bits per heavy atom. The van der Waals surface area contributed by atoms with Crippen LogP contribution < -0.4 is 5.73 Å². The molecule has 0 radical (unpaired) electrons. The minimum Gasteiger partial charge on any atom is -0.391 e. The summed E-state index contributed by atoms with van der Waals surface area (Å²) in [6.45, 7) is -0.165. The van der Waals surface area contributed by atoms with Gasteiger partial charge in [-0.2, -0.15) is 0 Å². The number of aliphatic hydroxyl groups excluding tert-OH is 1. The lowest BCUT2D eigenvalue weighted by Crippen LogP contribution is -2.01. The lowest BCUT2D eigenvalue weighted by molar-refractivity contribution is 0.281. The van der Waals surface area contributed by atoms with E-state index in [1.807, 2.05) is 12.1 Å². The topological polar surface area (TPSA) is 72.0 Å². The van der Waals surface area contributed by atoms with Gasteiger partial charge in [0.25, 0.3) is 0 Å². The molecule has 82 valence electrons. The Kier molecular flexibility index (Phi) is 3.03. The summed E-state index contributed by atoms with van der Waals surface area (Å²) in [6, 6.07) is 7.20. The van der Waals surface area contributed by atoms with Crippen molar-refractivity contribution < 1.29 is 5.11 Å². The minimum absolute atomic E-state index is 0.165. The Bertz CT molecular complexity index is 516. The van der Waals surface area contributed by atoms with Gasteiger partial charge >= 0.3 is 0 Å². The summed E-state index contributed by atoms with van der Waals surface area (Å²) < 4.78 is 0. The van der Waals surface area contributed by atoms with Gasteiger partial charge < -0.3 is 10.8 Å². The Morgan fingerprint density at radius 1 is 1.38 bits per heavy atom. The first-order valence-corrected chi connectivity index (χ1v) is 5.06. The number of anilines is 1. The van der Waals surface area contributed by atoms with Gasteiger partial charge in [0, 0.05) is 22.3 Å². The summed E-state index contributed by atoms with van der Waals surface area (Å²) in [5.41, 5.74) is 6.98. The normalized spacial score (nSPS) is 10.4. The van der Waals surface area contributed by atoms with Gasteiger partial charge in [0.1, 0.15) is 5.82 Å². The molecule has 0 aliphatic rings. The number of rotatable bonds is 2. The fourth-order valence-corrected chi connectivity index (χ4v) is 1.50. The molecule has 1 aromatic heterocycles. The third kappa shape index (κ3) is 2.13. The fourth-order valence-electron chi connectivity index (χ4n) is 1.31. The Hall–Kier alpha value is -1.65. The van der Waals surface area contributed by atoms with E-state index in [-0.39, 0.29) is 12.4 Å². The second kappa shape index (κ2) is 4.47. The number of aliphatic hydroxyl groups is 1. The summed E-state index contributed by atoms with van der Waals surface area (Å²) in [6.07, 6.45) is 1.51. The highest BCUT2D eigenvalue weighted by Crippen LogP contribution is 2.20. The van der Waals surface area contributed by atoms with Crippen molar-refractivity contribution in [3.05, 3.63) is 41.0 Å². The van der Waals surface area contributed by atoms with Crippen LogP contribution in [0.3, 0.4) is 0 Å². The van der Waals surface area contributed by atoms with Crippen LogP contribution >= 0.6 is 11.6 Å². The van der Waals surface area contributed by atoms with Crippen molar-refractivity contribution in [1.82, 2.24) is 9.97 Å². The quantitative estimate of drug-likeness (QED) is 0.834. The smallest absolute Gasteiger partial charge is 0.161 e. The van der Waals surface area contributed by atoms with E-state index in [1.165, 1.54) is 6.20 Å². The first kappa shape index (κ1) is 10.9. The molecule has 0 spiro atoms. The molecule has 3 N–H and O–H groups in total. The van der Waals surface area contributed by atoms with Crippen LogP contribution in [0.4, 0.5) is 5.82 Å². The lowest BCUT2D eigenvalue weighted by atomic mass is 10.2. The fraction of sp³-hybridized carbons (Fsp3) is 0.0909. The van der Waals surface area contributed by atoms with Gasteiger partial charge in [0.15, 0.2) is 5.82 Å². The van der Waals surface area contributed by atoms with E-state index in [0.29, 0.717) is 16.4 Å². The van der Waals surface area contributed by atoms with E-state index in [1.54, 1.807) is 12.1 Å². The predicted octanol–water partition coefficient (Wildman–Crippen LogP) is 1.87. The van der Waals surface area contributed by atoms with E-state index < -0.39 is 0 Å². The number of halogens is 1.